The van der Waals surface area contributed by atoms with Gasteiger partial charge in [-0.3, -0.25) is 0 Å². The van der Waals surface area contributed by atoms with Gasteiger partial charge in [0.15, 0.2) is 0 Å². The first-order valence-electron chi connectivity index (χ1n) is 6.63. The van der Waals surface area contributed by atoms with Crippen LogP contribution in [-0.4, -0.2) is 18.5 Å². The second-order valence-electron chi connectivity index (χ2n) is 5.35. The van der Waals surface area contributed by atoms with E-state index >= 15 is 0 Å². The van der Waals surface area contributed by atoms with Crippen LogP contribution in [0.1, 0.15) is 22.6 Å². The Morgan fingerprint density at radius 2 is 2.00 bits per heavy atom. The molecule has 0 saturated heterocycles. The summed E-state index contributed by atoms with van der Waals surface area (Å²) in [6.45, 7) is 1.80. The predicted molar refractivity (Wildman–Crippen MR) is 92.8 cm³/mol. The highest BCUT2D eigenvalue weighted by molar-refractivity contribution is 8.21. The van der Waals surface area contributed by atoms with E-state index in [9.17, 15) is 0 Å². The van der Waals surface area contributed by atoms with E-state index in [0.29, 0.717) is 5.02 Å². The topological polar surface area (TPSA) is 3.24 Å². The van der Waals surface area contributed by atoms with Gasteiger partial charge in [0.05, 0.1) is 0 Å². The zero-order chi connectivity index (χ0) is 15.0. The van der Waals surface area contributed by atoms with E-state index in [-0.39, 0.29) is 5.92 Å². The minimum absolute atomic E-state index is 0.263. The molecule has 2 aromatic rings. The molecule has 0 aliphatic carbocycles. The fourth-order valence-corrected chi connectivity index (χ4v) is 4.08. The molecule has 0 amide bonds. The van der Waals surface area contributed by atoms with E-state index in [0.717, 1.165) is 23.0 Å². The number of fused-ring (bicyclic) bond motifs is 1. The molecular weight excluding hydrogens is 345 g/mol. The summed E-state index contributed by atoms with van der Waals surface area (Å²) >= 11 is 12.6. The van der Waals surface area contributed by atoms with Crippen LogP contribution in [0.3, 0.4) is 0 Å². The second-order valence-corrected chi connectivity index (χ2v) is 7.29. The minimum Gasteiger partial charge on any atom is -0.301 e. The molecule has 1 atom stereocenters. The molecule has 0 spiro atoms. The summed E-state index contributed by atoms with van der Waals surface area (Å²) in [5.41, 5.74) is 3.64. The van der Waals surface area contributed by atoms with Gasteiger partial charge in [0.25, 0.3) is 0 Å². The van der Waals surface area contributed by atoms with Crippen molar-refractivity contribution in [2.45, 2.75) is 17.4 Å². The summed E-state index contributed by atoms with van der Waals surface area (Å²) in [6, 6.07) is 12.2. The van der Waals surface area contributed by atoms with Crippen molar-refractivity contribution in [2.75, 3.05) is 13.6 Å². The first kappa shape index (κ1) is 15.5. The summed E-state index contributed by atoms with van der Waals surface area (Å²) in [7, 11) is 9.24. The number of hydrogen-bond acceptors (Lipinski definition) is 2. The highest BCUT2D eigenvalue weighted by Gasteiger charge is 2.27. The third kappa shape index (κ3) is 3.20. The third-order valence-electron chi connectivity index (χ3n) is 3.84. The Bertz CT molecular complexity index is 675. The monoisotopic (exact) mass is 357 g/mol. The van der Waals surface area contributed by atoms with Gasteiger partial charge in [-0.05, 0) is 69.7 Å². The molecule has 0 fully saturated rings. The molecule has 5 heteroatoms. The lowest BCUT2D eigenvalue weighted by atomic mass is 9.85. The number of benzene rings is 2. The number of likely N-dealkylation sites (N-methyl/N-ethyl adjacent to an activating group) is 1. The summed E-state index contributed by atoms with van der Waals surface area (Å²) < 4.78 is 0. The summed E-state index contributed by atoms with van der Waals surface area (Å²) in [6.07, 6.45) is 0. The van der Waals surface area contributed by atoms with Crippen LogP contribution in [0.25, 0.3) is 0 Å². The molecule has 1 nitrogen and oxygen atoms in total. The molecule has 0 saturated carbocycles. The van der Waals surface area contributed by atoms with Crippen molar-refractivity contribution in [3.8, 4) is 0 Å². The Morgan fingerprint density at radius 1 is 1.19 bits per heavy atom. The molecule has 1 aliphatic heterocycles. The van der Waals surface area contributed by atoms with Crippen molar-refractivity contribution in [3.63, 3.8) is 0 Å². The second kappa shape index (κ2) is 6.39. The normalized spacial score (nSPS) is 18.6. The van der Waals surface area contributed by atoms with Crippen molar-refractivity contribution in [2.24, 2.45) is 0 Å². The van der Waals surface area contributed by atoms with E-state index in [1.54, 1.807) is 0 Å². The lowest BCUT2D eigenvalue weighted by Gasteiger charge is -2.33. The van der Waals surface area contributed by atoms with Crippen LogP contribution < -0.4 is 0 Å². The van der Waals surface area contributed by atoms with Crippen molar-refractivity contribution < 1.29 is 0 Å². The van der Waals surface area contributed by atoms with E-state index in [1.165, 1.54) is 27.7 Å². The van der Waals surface area contributed by atoms with E-state index in [1.807, 2.05) is 24.3 Å². The molecule has 0 aromatic heterocycles. The van der Waals surface area contributed by atoms with Gasteiger partial charge in [-0.1, -0.05) is 35.3 Å². The van der Waals surface area contributed by atoms with Gasteiger partial charge in [0.2, 0.25) is 0 Å². The maximum absolute atomic E-state index is 6.39. The SMILES string of the molecule is CN1Cc2c(Cl)cc(Cl)cc2C(c2cccc(SCl)c2)C1. The summed E-state index contributed by atoms with van der Waals surface area (Å²) in [4.78, 5) is 3.34. The van der Waals surface area contributed by atoms with Gasteiger partial charge in [0.1, 0.15) is 0 Å². The van der Waals surface area contributed by atoms with E-state index in [2.05, 4.69) is 24.1 Å². The standard InChI is InChI=1S/C16H14Cl3NS/c1-20-8-14(10-3-2-4-12(5-10)21-19)13-6-11(17)7-16(18)15(13)9-20/h2-7,14H,8-9H2,1H3. The van der Waals surface area contributed by atoms with Gasteiger partial charge in [-0.15, -0.1) is 0 Å². The molecule has 1 unspecified atom stereocenters. The Balaban J connectivity index is 2.12. The zero-order valence-electron chi connectivity index (χ0n) is 11.4. The number of rotatable bonds is 2. The van der Waals surface area contributed by atoms with Gasteiger partial charge >= 0.3 is 0 Å². The zero-order valence-corrected chi connectivity index (χ0v) is 14.5. The highest BCUT2D eigenvalue weighted by Crippen LogP contribution is 2.39. The fraction of sp³-hybridized carbons (Fsp3) is 0.250. The van der Waals surface area contributed by atoms with Crippen LogP contribution in [0.2, 0.25) is 10.0 Å². The van der Waals surface area contributed by atoms with Gasteiger partial charge in [-0.2, -0.15) is 0 Å². The predicted octanol–water partition coefficient (Wildman–Crippen LogP) is 5.82. The lowest BCUT2D eigenvalue weighted by molar-refractivity contribution is 0.295. The molecule has 0 radical (unpaired) electrons. The molecule has 2 aromatic carbocycles. The third-order valence-corrected chi connectivity index (χ3v) is 5.36. The highest BCUT2D eigenvalue weighted by atomic mass is 35.7. The first-order valence-corrected chi connectivity index (χ1v) is 9.03. The molecule has 110 valence electrons. The Hall–Kier alpha value is -0.380. The number of nitrogens with zero attached hydrogens (tertiary/aromatic N) is 1. The molecule has 3 rings (SSSR count). The Morgan fingerprint density at radius 3 is 2.76 bits per heavy atom. The van der Waals surface area contributed by atoms with Crippen molar-refractivity contribution in [1.29, 1.82) is 0 Å². The number of halogens is 3. The maximum Gasteiger partial charge on any atom is 0.0468 e. The average molecular weight is 359 g/mol. The molecular formula is C16H14Cl3NS. The van der Waals surface area contributed by atoms with Crippen LogP contribution in [0.4, 0.5) is 0 Å². The maximum atomic E-state index is 6.39. The fourth-order valence-electron chi connectivity index (χ4n) is 2.91. The van der Waals surface area contributed by atoms with Crippen molar-refractivity contribution in [1.82, 2.24) is 4.90 Å². The molecule has 21 heavy (non-hydrogen) atoms. The molecule has 0 bridgehead atoms. The number of hydrogen-bond donors (Lipinski definition) is 0. The lowest BCUT2D eigenvalue weighted by Crippen LogP contribution is -2.31. The smallest absolute Gasteiger partial charge is 0.0468 e. The van der Waals surface area contributed by atoms with Crippen LogP contribution in [-0.2, 0) is 6.54 Å². The summed E-state index contributed by atoms with van der Waals surface area (Å²) in [5, 5.41) is 1.44. The van der Waals surface area contributed by atoms with Gasteiger partial charge < -0.3 is 4.90 Å². The van der Waals surface area contributed by atoms with Gasteiger partial charge in [0, 0.05) is 33.9 Å². The summed E-state index contributed by atoms with van der Waals surface area (Å²) in [5.74, 6) is 0.263. The van der Waals surface area contributed by atoms with Crippen molar-refractivity contribution in [3.05, 3.63) is 63.1 Å². The molecule has 0 N–H and O–H groups in total. The molecule has 1 heterocycles. The van der Waals surface area contributed by atoms with Crippen molar-refractivity contribution >= 4 is 44.9 Å². The Labute approximate surface area is 143 Å². The van der Waals surface area contributed by atoms with Gasteiger partial charge in [-0.25, -0.2) is 0 Å². The van der Waals surface area contributed by atoms with E-state index in [4.69, 9.17) is 33.9 Å². The van der Waals surface area contributed by atoms with Crippen LogP contribution >= 0.6 is 44.9 Å². The average Bonchev–Trinajstić information content (AvgIpc) is 2.47. The first-order chi connectivity index (χ1) is 10.1. The quantitative estimate of drug-likeness (QED) is 0.665. The van der Waals surface area contributed by atoms with E-state index < -0.39 is 0 Å². The minimum atomic E-state index is 0.263. The largest absolute Gasteiger partial charge is 0.301 e. The molecule has 1 aliphatic rings. The van der Waals surface area contributed by atoms with Crippen LogP contribution in [0, 0.1) is 0 Å². The van der Waals surface area contributed by atoms with Crippen LogP contribution in [0.5, 0.6) is 0 Å². The van der Waals surface area contributed by atoms with Crippen LogP contribution in [0.15, 0.2) is 41.3 Å². The Kier molecular flexibility index (Phi) is 4.72.